The number of fused-ring (bicyclic) bond motifs is 1. The van der Waals surface area contributed by atoms with Crippen molar-refractivity contribution in [3.8, 4) is 0 Å². The highest BCUT2D eigenvalue weighted by atomic mass is 32.1. The first-order valence-corrected chi connectivity index (χ1v) is 9.28. The molecule has 2 aromatic rings. The predicted octanol–water partition coefficient (Wildman–Crippen LogP) is 3.63. The first-order chi connectivity index (χ1) is 11.3. The molecule has 0 saturated carbocycles. The van der Waals surface area contributed by atoms with E-state index in [9.17, 15) is 4.79 Å². The van der Waals surface area contributed by atoms with Crippen LogP contribution in [0.4, 0.5) is 10.8 Å². The summed E-state index contributed by atoms with van der Waals surface area (Å²) in [5, 5.41) is 6.12. The van der Waals surface area contributed by atoms with Gasteiger partial charge in [0, 0.05) is 23.8 Å². The molecule has 4 rings (SSSR count). The number of aryl methyl sites for hydroxylation is 1. The molecule has 1 aliphatic heterocycles. The summed E-state index contributed by atoms with van der Waals surface area (Å²) in [6, 6.07) is 6.21. The van der Waals surface area contributed by atoms with E-state index in [1.54, 1.807) is 17.5 Å². The van der Waals surface area contributed by atoms with E-state index in [1.807, 2.05) is 11.4 Å². The zero-order valence-electron chi connectivity index (χ0n) is 13.1. The maximum atomic E-state index is 12.8. The summed E-state index contributed by atoms with van der Waals surface area (Å²) in [7, 11) is 0. The monoisotopic (exact) mass is 327 g/mol. The van der Waals surface area contributed by atoms with E-state index in [2.05, 4.69) is 27.3 Å². The van der Waals surface area contributed by atoms with E-state index in [4.69, 9.17) is 0 Å². The summed E-state index contributed by atoms with van der Waals surface area (Å²) in [6.07, 6.45) is 8.44. The summed E-state index contributed by atoms with van der Waals surface area (Å²) in [4.78, 5) is 19.4. The maximum Gasteiger partial charge on any atom is 0.247 e. The number of carbonyl (C=O) groups excluding carboxylic acids is 1. The number of carbonyl (C=O) groups is 1. The third-order valence-electron chi connectivity index (χ3n) is 4.87. The molecule has 120 valence electrons. The van der Waals surface area contributed by atoms with Crippen molar-refractivity contribution in [2.45, 2.75) is 44.6 Å². The molecule has 1 fully saturated rings. The smallest absolute Gasteiger partial charge is 0.247 e. The Morgan fingerprint density at radius 2 is 2.17 bits per heavy atom. The number of aromatic nitrogens is 1. The molecule has 1 saturated heterocycles. The van der Waals surface area contributed by atoms with Crippen LogP contribution in [0, 0.1) is 0 Å². The molecule has 23 heavy (non-hydrogen) atoms. The minimum Gasteiger partial charge on any atom is -0.336 e. The second kappa shape index (κ2) is 6.32. The fourth-order valence-corrected chi connectivity index (χ4v) is 4.46. The van der Waals surface area contributed by atoms with Crippen LogP contribution in [0.15, 0.2) is 29.8 Å². The van der Waals surface area contributed by atoms with Crippen molar-refractivity contribution < 1.29 is 4.79 Å². The Kier molecular flexibility index (Phi) is 4.04. The third-order valence-corrected chi connectivity index (χ3v) is 5.68. The largest absolute Gasteiger partial charge is 0.336 e. The van der Waals surface area contributed by atoms with Crippen LogP contribution in [-0.2, 0) is 17.6 Å². The van der Waals surface area contributed by atoms with Crippen LogP contribution in [-0.4, -0.2) is 23.5 Å². The van der Waals surface area contributed by atoms with Gasteiger partial charge in [-0.15, -0.1) is 11.3 Å². The Balaban J connectivity index is 1.54. The summed E-state index contributed by atoms with van der Waals surface area (Å²) in [5.74, 6) is 0.108. The molecule has 1 aromatic heterocycles. The van der Waals surface area contributed by atoms with Gasteiger partial charge < -0.3 is 10.2 Å². The zero-order chi connectivity index (χ0) is 15.6. The van der Waals surface area contributed by atoms with E-state index in [0.29, 0.717) is 0 Å². The second-order valence-corrected chi connectivity index (χ2v) is 7.18. The van der Waals surface area contributed by atoms with Gasteiger partial charge in [-0.1, -0.05) is 12.1 Å². The van der Waals surface area contributed by atoms with Crippen molar-refractivity contribution in [3.05, 3.63) is 40.9 Å². The summed E-state index contributed by atoms with van der Waals surface area (Å²) >= 11 is 1.61. The lowest BCUT2D eigenvalue weighted by Gasteiger charge is -2.25. The van der Waals surface area contributed by atoms with E-state index in [-0.39, 0.29) is 11.9 Å². The van der Waals surface area contributed by atoms with Crippen LogP contribution in [0.5, 0.6) is 0 Å². The van der Waals surface area contributed by atoms with Crippen molar-refractivity contribution in [1.82, 2.24) is 4.98 Å². The lowest BCUT2D eigenvalue weighted by atomic mass is 9.90. The van der Waals surface area contributed by atoms with E-state index < -0.39 is 0 Å². The molecule has 2 aliphatic rings. The molecule has 0 spiro atoms. The second-order valence-electron chi connectivity index (χ2n) is 6.31. The minimum absolute atomic E-state index is 0.0967. The molecule has 1 amide bonds. The summed E-state index contributed by atoms with van der Waals surface area (Å²) < 4.78 is 0. The first kappa shape index (κ1) is 14.7. The maximum absolute atomic E-state index is 12.8. The van der Waals surface area contributed by atoms with E-state index >= 15 is 0 Å². The van der Waals surface area contributed by atoms with Gasteiger partial charge in [0.25, 0.3) is 0 Å². The van der Waals surface area contributed by atoms with Crippen molar-refractivity contribution in [2.24, 2.45) is 0 Å². The summed E-state index contributed by atoms with van der Waals surface area (Å²) in [6.45, 7) is 0.915. The van der Waals surface area contributed by atoms with Gasteiger partial charge >= 0.3 is 0 Å². The van der Waals surface area contributed by atoms with Crippen LogP contribution in [0.2, 0.25) is 0 Å². The van der Waals surface area contributed by atoms with Gasteiger partial charge in [-0.05, 0) is 55.7 Å². The molecule has 1 aromatic carbocycles. The van der Waals surface area contributed by atoms with E-state index in [1.165, 1.54) is 24.0 Å². The fraction of sp³-hybridized carbons (Fsp3) is 0.444. The highest BCUT2D eigenvalue weighted by Gasteiger charge is 2.32. The Hall–Kier alpha value is -1.88. The van der Waals surface area contributed by atoms with Crippen molar-refractivity contribution in [1.29, 1.82) is 0 Å². The normalized spacial score (nSPS) is 20.3. The molecule has 4 nitrogen and oxygen atoms in total. The van der Waals surface area contributed by atoms with Crippen molar-refractivity contribution in [2.75, 3.05) is 16.8 Å². The van der Waals surface area contributed by atoms with Crippen molar-refractivity contribution >= 4 is 28.1 Å². The van der Waals surface area contributed by atoms with Crippen LogP contribution in [0.3, 0.4) is 0 Å². The van der Waals surface area contributed by atoms with Crippen LogP contribution in [0.1, 0.15) is 36.8 Å². The molecule has 0 radical (unpaired) electrons. The standard InChI is InChI=1S/C18H21N3OS/c22-17(16-9-4-11-21(16)18-19-10-12-23-18)20-15-8-3-6-13-5-1-2-7-14(13)15/h3,6,8,10,12,16H,1-2,4-5,7,9,11H2,(H,20,22)/t16-/m0/s1. The van der Waals surface area contributed by atoms with Gasteiger partial charge in [0.1, 0.15) is 6.04 Å². The first-order valence-electron chi connectivity index (χ1n) is 8.41. The van der Waals surface area contributed by atoms with Crippen molar-refractivity contribution in [3.63, 3.8) is 0 Å². The van der Waals surface area contributed by atoms with Gasteiger partial charge in [0.2, 0.25) is 5.91 Å². The number of anilines is 2. The third kappa shape index (κ3) is 2.85. The number of rotatable bonds is 3. The molecule has 0 bridgehead atoms. The molecule has 0 unspecified atom stereocenters. The highest BCUT2D eigenvalue weighted by molar-refractivity contribution is 7.13. The molecule has 1 atom stereocenters. The van der Waals surface area contributed by atoms with E-state index in [0.717, 1.165) is 43.0 Å². The molecular weight excluding hydrogens is 306 g/mol. The number of hydrogen-bond acceptors (Lipinski definition) is 4. The molecule has 1 N–H and O–H groups in total. The number of benzene rings is 1. The fourth-order valence-electron chi connectivity index (χ4n) is 3.74. The van der Waals surface area contributed by atoms with Gasteiger partial charge in [0.15, 0.2) is 5.13 Å². The number of nitrogens with zero attached hydrogens (tertiary/aromatic N) is 2. The quantitative estimate of drug-likeness (QED) is 0.936. The van der Waals surface area contributed by atoms with Gasteiger partial charge in [-0.2, -0.15) is 0 Å². The Labute approximate surface area is 140 Å². The zero-order valence-corrected chi connectivity index (χ0v) is 13.9. The Morgan fingerprint density at radius 3 is 3.04 bits per heavy atom. The number of thiazole rings is 1. The molecular formula is C18H21N3OS. The number of nitrogens with one attached hydrogen (secondary N) is 1. The lowest BCUT2D eigenvalue weighted by molar-refractivity contribution is -0.117. The van der Waals surface area contributed by atoms with Crippen LogP contribution in [0.25, 0.3) is 0 Å². The van der Waals surface area contributed by atoms with Crippen LogP contribution < -0.4 is 10.2 Å². The average molecular weight is 327 g/mol. The minimum atomic E-state index is -0.0967. The number of amides is 1. The predicted molar refractivity (Wildman–Crippen MR) is 94.2 cm³/mol. The lowest BCUT2D eigenvalue weighted by Crippen LogP contribution is -2.39. The number of hydrogen-bond donors (Lipinski definition) is 1. The Morgan fingerprint density at radius 1 is 1.26 bits per heavy atom. The topological polar surface area (TPSA) is 45.2 Å². The molecule has 2 heterocycles. The van der Waals surface area contributed by atoms with Gasteiger partial charge in [-0.25, -0.2) is 4.98 Å². The average Bonchev–Trinajstić information content (AvgIpc) is 3.26. The Bertz CT molecular complexity index is 698. The van der Waals surface area contributed by atoms with Crippen LogP contribution >= 0.6 is 11.3 Å². The van der Waals surface area contributed by atoms with Gasteiger partial charge in [-0.3, -0.25) is 4.79 Å². The molecule has 1 aliphatic carbocycles. The van der Waals surface area contributed by atoms with Gasteiger partial charge in [0.05, 0.1) is 0 Å². The molecule has 5 heteroatoms. The SMILES string of the molecule is O=C(Nc1cccc2c1CCCC2)[C@@H]1CCCN1c1nccs1. The summed E-state index contributed by atoms with van der Waals surface area (Å²) in [5.41, 5.74) is 3.75. The highest BCUT2D eigenvalue weighted by Crippen LogP contribution is 2.30.